The molecule has 10 rings (SSSR count). The Bertz CT molecular complexity index is 2550. The van der Waals surface area contributed by atoms with Crippen molar-refractivity contribution in [3.05, 3.63) is 81.9 Å². The van der Waals surface area contributed by atoms with Gasteiger partial charge in [0.05, 0.1) is 22.2 Å². The van der Waals surface area contributed by atoms with Crippen molar-refractivity contribution in [1.29, 1.82) is 0 Å². The van der Waals surface area contributed by atoms with Crippen LogP contribution in [0.3, 0.4) is 0 Å². The van der Waals surface area contributed by atoms with Crippen LogP contribution < -0.4 is 10.6 Å². The average Bonchev–Trinajstić information content (AvgIpc) is 4.13. The Morgan fingerprint density at radius 2 is 1.08 bits per heavy atom. The predicted molar refractivity (Wildman–Crippen MR) is 237 cm³/mol. The van der Waals surface area contributed by atoms with E-state index in [1.165, 1.54) is 0 Å². The van der Waals surface area contributed by atoms with Crippen LogP contribution in [0.15, 0.2) is 36.4 Å². The minimum Gasteiger partial charge on any atom is -0.481 e. The number of aromatic nitrogens is 4. The molecule has 14 heteroatoms. The van der Waals surface area contributed by atoms with E-state index in [4.69, 9.17) is 9.97 Å². The van der Waals surface area contributed by atoms with Gasteiger partial charge in [0.1, 0.15) is 0 Å². The fourth-order valence-corrected chi connectivity index (χ4v) is 13.0. The molecule has 4 aromatic rings. The zero-order valence-electron chi connectivity index (χ0n) is 37.1. The second-order valence-electron chi connectivity index (χ2n) is 20.4. The summed E-state index contributed by atoms with van der Waals surface area (Å²) in [4.78, 5) is 66.4. The number of nitrogens with zero attached hydrogens (tertiary/aromatic N) is 6. The number of carbonyl (C=O) groups is 4. The topological polar surface area (TPSA) is 175 Å². The summed E-state index contributed by atoms with van der Waals surface area (Å²) in [5.41, 5.74) is 8.21. The van der Waals surface area contributed by atoms with Gasteiger partial charge in [0.25, 0.3) is 11.8 Å². The van der Waals surface area contributed by atoms with Gasteiger partial charge in [-0.3, -0.25) is 29.0 Å². The summed E-state index contributed by atoms with van der Waals surface area (Å²) >= 11 is 0. The van der Waals surface area contributed by atoms with Gasteiger partial charge in [-0.25, -0.2) is 9.97 Å². The largest absolute Gasteiger partial charge is 0.481 e. The number of fused-ring (bicyclic) bond motifs is 6. The Kier molecular flexibility index (Phi) is 10.0. The monoisotopic (exact) mass is 856 g/mol. The van der Waals surface area contributed by atoms with Gasteiger partial charge in [-0.1, -0.05) is 24.3 Å². The van der Waals surface area contributed by atoms with Gasteiger partial charge < -0.3 is 30.0 Å². The average molecular weight is 857 g/mol. The Balaban J connectivity index is 0.791. The summed E-state index contributed by atoms with van der Waals surface area (Å²) in [5, 5.41) is 26.1. The zero-order chi connectivity index (χ0) is 44.1. The van der Waals surface area contributed by atoms with Crippen molar-refractivity contribution in [3.63, 3.8) is 0 Å². The third-order valence-corrected chi connectivity index (χ3v) is 16.9. The lowest BCUT2D eigenvalue weighted by atomic mass is 9.80. The number of aliphatic carboxylic acids is 2. The van der Waals surface area contributed by atoms with Gasteiger partial charge in [0.2, 0.25) is 0 Å². The number of amides is 2. The number of carbonyl (C=O) groups excluding carboxylic acids is 2. The number of nitrogens with one attached hydrogen (secondary N) is 2. The summed E-state index contributed by atoms with van der Waals surface area (Å²) in [6.07, 6.45) is 11.2. The van der Waals surface area contributed by atoms with Crippen LogP contribution in [0.4, 0.5) is 11.4 Å². The van der Waals surface area contributed by atoms with E-state index in [0.29, 0.717) is 36.1 Å². The predicted octanol–water partition coefficient (Wildman–Crippen LogP) is 7.12. The maximum atomic E-state index is 13.9. The van der Waals surface area contributed by atoms with Gasteiger partial charge in [0.15, 0.2) is 11.6 Å². The third-order valence-electron chi connectivity index (χ3n) is 16.9. The molecular weight excluding hydrogens is 797 g/mol. The van der Waals surface area contributed by atoms with E-state index in [2.05, 4.69) is 20.4 Å². The molecule has 4 saturated carbocycles. The van der Waals surface area contributed by atoms with Crippen molar-refractivity contribution < 1.29 is 29.4 Å². The summed E-state index contributed by atoms with van der Waals surface area (Å²) in [6, 6.07) is 11.7. The van der Waals surface area contributed by atoms with Crippen LogP contribution in [-0.4, -0.2) is 89.0 Å². The SMILES string of the molecule is Cc1c(NC(=O)c2nc3c(n2C)CCN(CCC24CCC(C(=O)O)(CC2)C4)C3)cccc1-c1cccc(NC(=O)c2nc3c(n2C)CCN(CC24CCC(C(=O)O)(CC2)C4)C3)c1C. The summed E-state index contributed by atoms with van der Waals surface area (Å²) in [6.45, 7) is 8.85. The highest BCUT2D eigenvalue weighted by Gasteiger charge is 2.59. The quantitative estimate of drug-likeness (QED) is 0.115. The smallest absolute Gasteiger partial charge is 0.309 e. The van der Waals surface area contributed by atoms with Crippen molar-refractivity contribution in [1.82, 2.24) is 28.9 Å². The van der Waals surface area contributed by atoms with Crippen molar-refractivity contribution in [2.24, 2.45) is 35.8 Å². The van der Waals surface area contributed by atoms with Gasteiger partial charge >= 0.3 is 11.9 Å². The number of hydrogen-bond acceptors (Lipinski definition) is 8. The molecule has 0 unspecified atom stereocenters. The van der Waals surface area contributed by atoms with E-state index in [1.54, 1.807) is 0 Å². The third kappa shape index (κ3) is 6.99. The van der Waals surface area contributed by atoms with Crippen molar-refractivity contribution in [2.75, 3.05) is 36.8 Å². The van der Waals surface area contributed by atoms with Gasteiger partial charge in [-0.05, 0) is 136 Å². The van der Waals surface area contributed by atoms with Crippen LogP contribution in [0.25, 0.3) is 11.1 Å². The lowest BCUT2D eigenvalue weighted by molar-refractivity contribution is -0.149. The second kappa shape index (κ2) is 15.1. The zero-order valence-corrected chi connectivity index (χ0v) is 37.1. The highest BCUT2D eigenvalue weighted by molar-refractivity contribution is 6.04. The molecule has 14 nitrogen and oxygen atoms in total. The van der Waals surface area contributed by atoms with E-state index in [0.717, 1.165) is 155 Å². The fraction of sp³-hybridized carbons (Fsp3) is 0.551. The molecule has 2 aliphatic heterocycles. The fourth-order valence-electron chi connectivity index (χ4n) is 13.0. The number of anilines is 2. The Hall–Kier alpha value is -5.34. The Morgan fingerprint density at radius 1 is 0.635 bits per heavy atom. The first-order chi connectivity index (χ1) is 30.1. The molecule has 2 amide bonds. The van der Waals surface area contributed by atoms with Gasteiger partial charge in [0, 0.05) is 82.4 Å². The molecule has 332 valence electrons. The molecule has 0 saturated heterocycles. The molecule has 4 aliphatic carbocycles. The second-order valence-corrected chi connectivity index (χ2v) is 20.4. The molecule has 4 fully saturated rings. The van der Waals surface area contributed by atoms with E-state index in [1.807, 2.05) is 73.5 Å². The standard InChI is InChI=1S/C49H60N8O6/c1-30-32(7-5-9-34(30)52-42(58)40-50-36-25-56(22-11-38(36)54(40)3)24-21-46-13-17-48(27-46,18-14-46)44(60)61)33-8-6-10-35(31(33)2)53-43(59)41-51-37-26-57(23-12-39(37)55(41)4)29-47-15-19-49(28-47,20-16-47)45(62)63/h5-10H,11-29H2,1-4H3,(H,52,58)(H,53,59)(H,60,61)(H,62,63). The Labute approximate surface area is 368 Å². The van der Waals surface area contributed by atoms with E-state index in [9.17, 15) is 29.4 Å². The first-order valence-corrected chi connectivity index (χ1v) is 22.9. The van der Waals surface area contributed by atoms with E-state index < -0.39 is 22.8 Å². The molecule has 0 spiro atoms. The van der Waals surface area contributed by atoms with Crippen molar-refractivity contribution in [3.8, 4) is 11.1 Å². The van der Waals surface area contributed by atoms with Crippen LogP contribution in [-0.2, 0) is 49.6 Å². The van der Waals surface area contributed by atoms with Gasteiger partial charge in [-0.2, -0.15) is 0 Å². The van der Waals surface area contributed by atoms with Crippen LogP contribution in [0.5, 0.6) is 0 Å². The first kappa shape index (κ1) is 41.7. The van der Waals surface area contributed by atoms with Gasteiger partial charge in [-0.15, -0.1) is 0 Å². The minimum atomic E-state index is -0.637. The lowest BCUT2D eigenvalue weighted by Crippen LogP contribution is -2.39. The number of benzene rings is 2. The number of rotatable bonds is 12. The van der Waals surface area contributed by atoms with Crippen LogP contribution in [0, 0.1) is 35.5 Å². The first-order valence-electron chi connectivity index (χ1n) is 22.9. The minimum absolute atomic E-state index is 0.0619. The molecule has 2 aromatic heterocycles. The summed E-state index contributed by atoms with van der Waals surface area (Å²) in [7, 11) is 3.82. The maximum absolute atomic E-state index is 13.9. The number of carboxylic acids is 2. The molecular formula is C49H60N8O6. The van der Waals surface area contributed by atoms with Crippen molar-refractivity contribution >= 4 is 35.1 Å². The lowest BCUT2D eigenvalue weighted by Gasteiger charge is -2.35. The van der Waals surface area contributed by atoms with Crippen LogP contribution in [0.1, 0.15) is 126 Å². The molecule has 4 heterocycles. The highest BCUT2D eigenvalue weighted by atomic mass is 16.4. The molecule has 0 atom stereocenters. The molecule has 6 aliphatic rings. The maximum Gasteiger partial charge on any atom is 0.309 e. The number of imidazole rings is 2. The number of hydrogen-bond donors (Lipinski definition) is 4. The van der Waals surface area contributed by atoms with Crippen molar-refractivity contribution in [2.45, 2.75) is 110 Å². The van der Waals surface area contributed by atoms with E-state index in [-0.39, 0.29) is 22.6 Å². The molecule has 63 heavy (non-hydrogen) atoms. The normalized spacial score (nSPS) is 27.4. The Morgan fingerprint density at radius 3 is 1.56 bits per heavy atom. The van der Waals surface area contributed by atoms with E-state index >= 15 is 0 Å². The molecule has 4 N–H and O–H groups in total. The van der Waals surface area contributed by atoms with Crippen LogP contribution in [0.2, 0.25) is 0 Å². The summed E-state index contributed by atoms with van der Waals surface area (Å²) < 4.78 is 3.85. The number of carboxylic acid groups (broad SMARTS) is 2. The highest BCUT2D eigenvalue weighted by Crippen LogP contribution is 2.63. The summed E-state index contributed by atoms with van der Waals surface area (Å²) in [5.74, 6) is -1.06. The molecule has 4 bridgehead atoms. The molecule has 2 aromatic carbocycles. The van der Waals surface area contributed by atoms with Crippen LogP contribution >= 0.6 is 0 Å². The molecule has 0 radical (unpaired) electrons.